The van der Waals surface area contributed by atoms with Gasteiger partial charge in [0.25, 0.3) is 0 Å². The maximum absolute atomic E-state index is 6.75. The van der Waals surface area contributed by atoms with Crippen molar-refractivity contribution in [1.82, 2.24) is 0 Å². The molecule has 0 spiro atoms. The molecule has 1 fully saturated rings. The Morgan fingerprint density at radius 2 is 0.837 bits per heavy atom. The van der Waals surface area contributed by atoms with Crippen molar-refractivity contribution < 1.29 is 18.9 Å². The SMILES string of the molecule is CC1(C)O[C@H]([C@@H](CCc2ccccc2)COCc2ccccc2)[C@H]([C@@H](CCc2ccccc2)COCc2ccccc2)O1. The Balaban J connectivity index is 1.34. The maximum Gasteiger partial charge on any atom is 0.163 e. The van der Waals surface area contributed by atoms with Gasteiger partial charge in [0.05, 0.1) is 38.6 Å². The zero-order chi connectivity index (χ0) is 29.7. The quantitative estimate of drug-likeness (QED) is 0.134. The Hall–Kier alpha value is -3.28. The van der Waals surface area contributed by atoms with Crippen LogP contribution in [0, 0.1) is 11.8 Å². The third kappa shape index (κ3) is 9.87. The Bertz CT molecular complexity index is 1210. The third-order valence-electron chi connectivity index (χ3n) is 8.27. The van der Waals surface area contributed by atoms with Crippen LogP contribution in [-0.4, -0.2) is 31.2 Å². The van der Waals surface area contributed by atoms with Crippen LogP contribution < -0.4 is 0 Å². The molecule has 4 atom stereocenters. The molecule has 0 unspecified atom stereocenters. The van der Waals surface area contributed by atoms with Gasteiger partial charge in [0.1, 0.15) is 0 Å². The molecule has 0 aromatic heterocycles. The fraction of sp³-hybridized carbons (Fsp3) is 0.385. The molecule has 1 aliphatic heterocycles. The second-order valence-electron chi connectivity index (χ2n) is 12.1. The van der Waals surface area contributed by atoms with Crippen LogP contribution >= 0.6 is 0 Å². The van der Waals surface area contributed by atoms with E-state index in [9.17, 15) is 0 Å². The molecule has 0 saturated carbocycles. The van der Waals surface area contributed by atoms with Gasteiger partial charge in [0.2, 0.25) is 0 Å². The average molecular weight is 579 g/mol. The molecule has 0 N–H and O–H groups in total. The molecule has 226 valence electrons. The second kappa shape index (κ2) is 16.0. The second-order valence-corrected chi connectivity index (χ2v) is 12.1. The molecule has 1 heterocycles. The lowest BCUT2D eigenvalue weighted by atomic mass is 9.84. The summed E-state index contributed by atoms with van der Waals surface area (Å²) in [5.74, 6) is -0.336. The minimum atomic E-state index is -0.676. The van der Waals surface area contributed by atoms with Crippen LogP contribution in [0.5, 0.6) is 0 Å². The van der Waals surface area contributed by atoms with Crippen LogP contribution in [0.25, 0.3) is 0 Å². The molecule has 0 amide bonds. The maximum atomic E-state index is 6.75. The highest BCUT2D eigenvalue weighted by molar-refractivity contribution is 5.17. The van der Waals surface area contributed by atoms with Crippen LogP contribution in [0.4, 0.5) is 0 Å². The van der Waals surface area contributed by atoms with Crippen LogP contribution in [0.3, 0.4) is 0 Å². The first-order valence-electron chi connectivity index (χ1n) is 15.7. The van der Waals surface area contributed by atoms with E-state index in [1.807, 2.05) is 26.0 Å². The monoisotopic (exact) mass is 578 g/mol. The molecule has 4 aromatic rings. The molecular weight excluding hydrogens is 532 g/mol. The first-order valence-corrected chi connectivity index (χ1v) is 15.7. The van der Waals surface area contributed by atoms with Crippen molar-refractivity contribution in [3.63, 3.8) is 0 Å². The summed E-state index contributed by atoms with van der Waals surface area (Å²) in [5, 5.41) is 0. The minimum absolute atomic E-state index is 0.101. The van der Waals surface area contributed by atoms with Gasteiger partial charge in [-0.3, -0.25) is 0 Å². The molecule has 43 heavy (non-hydrogen) atoms. The van der Waals surface area contributed by atoms with Crippen molar-refractivity contribution in [1.29, 1.82) is 0 Å². The number of aryl methyl sites for hydroxylation is 2. The largest absolute Gasteiger partial charge is 0.376 e. The number of rotatable bonds is 16. The molecule has 0 radical (unpaired) electrons. The Labute approximate surface area is 258 Å². The van der Waals surface area contributed by atoms with Gasteiger partial charge in [0.15, 0.2) is 5.79 Å². The van der Waals surface area contributed by atoms with E-state index in [1.54, 1.807) is 0 Å². The summed E-state index contributed by atoms with van der Waals surface area (Å²) in [6, 6.07) is 42.2. The molecule has 0 bridgehead atoms. The molecule has 4 aromatic carbocycles. The molecular formula is C39H46O4. The predicted molar refractivity (Wildman–Crippen MR) is 173 cm³/mol. The van der Waals surface area contributed by atoms with Gasteiger partial charge in [-0.1, -0.05) is 121 Å². The minimum Gasteiger partial charge on any atom is -0.376 e. The lowest BCUT2D eigenvalue weighted by Gasteiger charge is -2.31. The van der Waals surface area contributed by atoms with Crippen LogP contribution in [0.15, 0.2) is 121 Å². The number of ether oxygens (including phenoxy) is 4. The van der Waals surface area contributed by atoms with E-state index in [0.717, 1.165) is 25.7 Å². The molecule has 1 saturated heterocycles. The Morgan fingerprint density at radius 3 is 1.19 bits per heavy atom. The van der Waals surface area contributed by atoms with E-state index < -0.39 is 5.79 Å². The zero-order valence-corrected chi connectivity index (χ0v) is 25.6. The first-order chi connectivity index (χ1) is 21.1. The first kappa shape index (κ1) is 31.2. The van der Waals surface area contributed by atoms with E-state index in [4.69, 9.17) is 18.9 Å². The van der Waals surface area contributed by atoms with Crippen molar-refractivity contribution in [2.75, 3.05) is 13.2 Å². The molecule has 0 aliphatic carbocycles. The standard InChI is InChI=1S/C39H46O4/c1-39(2)42-37(35(25-23-31-15-7-3-8-16-31)29-40-27-33-19-11-5-12-20-33)38(43-39)36(26-24-32-17-9-4-10-18-32)30-41-28-34-21-13-6-14-22-34/h3-22,35-38H,23-30H2,1-2H3/t35-,36-,37-,38+/m0/s1. The summed E-state index contributed by atoms with van der Waals surface area (Å²) in [6.45, 7) is 6.47. The highest BCUT2D eigenvalue weighted by Crippen LogP contribution is 2.39. The summed E-state index contributed by atoms with van der Waals surface area (Å²) < 4.78 is 26.3. The summed E-state index contributed by atoms with van der Waals surface area (Å²) in [6.07, 6.45) is 3.63. The fourth-order valence-corrected chi connectivity index (χ4v) is 6.03. The van der Waals surface area contributed by atoms with Gasteiger partial charge in [-0.05, 0) is 61.8 Å². The summed E-state index contributed by atoms with van der Waals surface area (Å²) >= 11 is 0. The topological polar surface area (TPSA) is 36.9 Å². The highest BCUT2D eigenvalue weighted by atomic mass is 16.8. The van der Waals surface area contributed by atoms with Crippen LogP contribution in [0.2, 0.25) is 0 Å². The van der Waals surface area contributed by atoms with E-state index in [1.165, 1.54) is 22.3 Å². The number of hydrogen-bond acceptors (Lipinski definition) is 4. The van der Waals surface area contributed by atoms with E-state index in [-0.39, 0.29) is 24.0 Å². The number of benzene rings is 4. The highest BCUT2D eigenvalue weighted by Gasteiger charge is 2.48. The molecule has 1 aliphatic rings. The van der Waals surface area contributed by atoms with Gasteiger partial charge < -0.3 is 18.9 Å². The van der Waals surface area contributed by atoms with E-state index in [2.05, 4.69) is 109 Å². The lowest BCUT2D eigenvalue weighted by molar-refractivity contribution is -0.157. The van der Waals surface area contributed by atoms with Gasteiger partial charge in [-0.25, -0.2) is 0 Å². The zero-order valence-electron chi connectivity index (χ0n) is 25.6. The lowest BCUT2D eigenvalue weighted by Crippen LogP contribution is -2.40. The molecule has 4 heteroatoms. The summed E-state index contributed by atoms with van der Waals surface area (Å²) in [4.78, 5) is 0. The van der Waals surface area contributed by atoms with Crippen molar-refractivity contribution >= 4 is 0 Å². The third-order valence-corrected chi connectivity index (χ3v) is 8.27. The van der Waals surface area contributed by atoms with Crippen LogP contribution in [0.1, 0.15) is 48.9 Å². The normalized spacial score (nSPS) is 19.2. The molecule has 5 rings (SSSR count). The average Bonchev–Trinajstić information content (AvgIpc) is 3.37. The number of hydrogen-bond donors (Lipinski definition) is 0. The van der Waals surface area contributed by atoms with Gasteiger partial charge >= 0.3 is 0 Å². The molecule has 4 nitrogen and oxygen atoms in total. The van der Waals surface area contributed by atoms with Gasteiger partial charge in [-0.2, -0.15) is 0 Å². The Kier molecular flexibility index (Phi) is 11.6. The summed E-state index contributed by atoms with van der Waals surface area (Å²) in [5.41, 5.74) is 5.02. The van der Waals surface area contributed by atoms with E-state index in [0.29, 0.717) is 26.4 Å². The Morgan fingerprint density at radius 1 is 0.512 bits per heavy atom. The van der Waals surface area contributed by atoms with Crippen molar-refractivity contribution in [3.05, 3.63) is 144 Å². The van der Waals surface area contributed by atoms with Crippen LogP contribution in [-0.2, 0) is 45.0 Å². The van der Waals surface area contributed by atoms with Gasteiger partial charge in [-0.15, -0.1) is 0 Å². The van der Waals surface area contributed by atoms with Crippen molar-refractivity contribution in [2.45, 2.75) is 70.7 Å². The van der Waals surface area contributed by atoms with E-state index >= 15 is 0 Å². The smallest absolute Gasteiger partial charge is 0.163 e. The van der Waals surface area contributed by atoms with Gasteiger partial charge in [0, 0.05) is 11.8 Å². The predicted octanol–water partition coefficient (Wildman–Crippen LogP) is 8.44. The van der Waals surface area contributed by atoms with Crippen molar-refractivity contribution in [2.24, 2.45) is 11.8 Å². The summed E-state index contributed by atoms with van der Waals surface area (Å²) in [7, 11) is 0. The van der Waals surface area contributed by atoms with Crippen molar-refractivity contribution in [3.8, 4) is 0 Å². The fourth-order valence-electron chi connectivity index (χ4n) is 6.03.